The Morgan fingerprint density at radius 1 is 1.46 bits per heavy atom. The molecule has 1 aromatic rings. The SMILES string of the molecule is CCN1CCN(C(=O)NCC2(OC)CCC2)C[C@@H]1c1nccn1C. The fourth-order valence-electron chi connectivity index (χ4n) is 3.70. The number of nitrogens with zero attached hydrogens (tertiary/aromatic N) is 4. The van der Waals surface area contributed by atoms with Crippen molar-refractivity contribution >= 4 is 6.03 Å². The third-order valence-corrected chi connectivity index (χ3v) is 5.60. The van der Waals surface area contributed by atoms with Crippen LogP contribution in [-0.4, -0.2) is 70.8 Å². The molecule has 1 N–H and O–H groups in total. The first-order chi connectivity index (χ1) is 11.6. The van der Waals surface area contributed by atoms with Crippen LogP contribution in [0.3, 0.4) is 0 Å². The lowest BCUT2D eigenvalue weighted by atomic mass is 9.80. The highest BCUT2D eigenvalue weighted by molar-refractivity contribution is 5.74. The number of urea groups is 1. The van der Waals surface area contributed by atoms with Crippen LogP contribution in [0.5, 0.6) is 0 Å². The Morgan fingerprint density at radius 3 is 2.79 bits per heavy atom. The molecule has 2 heterocycles. The minimum atomic E-state index is -0.139. The summed E-state index contributed by atoms with van der Waals surface area (Å²) < 4.78 is 7.63. The van der Waals surface area contributed by atoms with Gasteiger partial charge in [-0.15, -0.1) is 0 Å². The number of piperazine rings is 1. The molecule has 1 saturated heterocycles. The number of likely N-dealkylation sites (N-methyl/N-ethyl adjacent to an activating group) is 1. The van der Waals surface area contributed by atoms with Crippen molar-refractivity contribution in [2.24, 2.45) is 7.05 Å². The first-order valence-electron chi connectivity index (χ1n) is 8.88. The fourth-order valence-corrected chi connectivity index (χ4v) is 3.70. The number of aryl methyl sites for hydroxylation is 1. The molecule has 1 aromatic heterocycles. The molecule has 2 amide bonds. The smallest absolute Gasteiger partial charge is 0.317 e. The molecule has 2 aliphatic rings. The summed E-state index contributed by atoms with van der Waals surface area (Å²) in [6.45, 7) is 6.01. The first-order valence-corrected chi connectivity index (χ1v) is 8.88. The van der Waals surface area contributed by atoms with Crippen molar-refractivity contribution in [1.29, 1.82) is 0 Å². The third kappa shape index (κ3) is 3.28. The number of carbonyl (C=O) groups is 1. The summed E-state index contributed by atoms with van der Waals surface area (Å²) >= 11 is 0. The monoisotopic (exact) mass is 335 g/mol. The van der Waals surface area contributed by atoms with E-state index in [1.54, 1.807) is 7.11 Å². The number of hydrogen-bond donors (Lipinski definition) is 1. The van der Waals surface area contributed by atoms with Crippen LogP contribution >= 0.6 is 0 Å². The predicted octanol–water partition coefficient (Wildman–Crippen LogP) is 1.38. The standard InChI is InChI=1S/C17H29N5O2/c1-4-21-10-11-22(12-14(21)15-18-8-9-20(15)2)16(23)19-13-17(24-3)6-5-7-17/h8-9,14H,4-7,10-13H2,1-3H3,(H,19,23)/t14-/m1/s1. The first kappa shape index (κ1) is 17.2. The molecule has 134 valence electrons. The van der Waals surface area contributed by atoms with Gasteiger partial charge in [-0.05, 0) is 25.8 Å². The van der Waals surface area contributed by atoms with Crippen molar-refractivity contribution < 1.29 is 9.53 Å². The molecule has 0 aromatic carbocycles. The highest BCUT2D eigenvalue weighted by Crippen LogP contribution is 2.34. The zero-order valence-electron chi connectivity index (χ0n) is 15.0. The average molecular weight is 335 g/mol. The highest BCUT2D eigenvalue weighted by Gasteiger charge is 2.38. The Balaban J connectivity index is 1.62. The van der Waals surface area contributed by atoms with Gasteiger partial charge in [0.05, 0.1) is 11.6 Å². The van der Waals surface area contributed by atoms with Crippen LogP contribution < -0.4 is 5.32 Å². The van der Waals surface area contributed by atoms with E-state index >= 15 is 0 Å². The van der Waals surface area contributed by atoms with Gasteiger partial charge in [0, 0.05) is 52.7 Å². The van der Waals surface area contributed by atoms with Gasteiger partial charge in [0.15, 0.2) is 0 Å². The van der Waals surface area contributed by atoms with E-state index in [4.69, 9.17) is 4.74 Å². The van der Waals surface area contributed by atoms with Gasteiger partial charge in [0.25, 0.3) is 0 Å². The van der Waals surface area contributed by atoms with Crippen molar-refractivity contribution in [1.82, 2.24) is 24.7 Å². The molecule has 0 bridgehead atoms. The summed E-state index contributed by atoms with van der Waals surface area (Å²) in [6, 6.07) is 0.155. The summed E-state index contributed by atoms with van der Waals surface area (Å²) in [4.78, 5) is 21.4. The number of methoxy groups -OCH3 is 1. The van der Waals surface area contributed by atoms with Crippen LogP contribution in [0.1, 0.15) is 38.1 Å². The number of rotatable bonds is 5. The molecular weight excluding hydrogens is 306 g/mol. The number of carbonyl (C=O) groups excluding carboxylic acids is 1. The Labute approximate surface area is 144 Å². The highest BCUT2D eigenvalue weighted by atomic mass is 16.5. The Kier molecular flexibility index (Phi) is 5.10. The van der Waals surface area contributed by atoms with Crippen molar-refractivity contribution in [2.45, 2.75) is 37.8 Å². The molecule has 24 heavy (non-hydrogen) atoms. The Hall–Kier alpha value is -1.60. The minimum absolute atomic E-state index is 0.00767. The summed E-state index contributed by atoms with van der Waals surface area (Å²) in [7, 11) is 3.75. The largest absolute Gasteiger partial charge is 0.376 e. The Bertz CT molecular complexity index is 564. The van der Waals surface area contributed by atoms with Crippen LogP contribution in [-0.2, 0) is 11.8 Å². The molecule has 7 heteroatoms. The van der Waals surface area contributed by atoms with Crippen molar-refractivity contribution in [3.63, 3.8) is 0 Å². The maximum absolute atomic E-state index is 12.6. The number of nitrogens with one attached hydrogen (secondary N) is 1. The van der Waals surface area contributed by atoms with E-state index < -0.39 is 0 Å². The topological polar surface area (TPSA) is 62.6 Å². The van der Waals surface area contributed by atoms with Crippen LogP contribution in [0.4, 0.5) is 4.79 Å². The fraction of sp³-hybridized carbons (Fsp3) is 0.765. The van der Waals surface area contributed by atoms with E-state index in [2.05, 4.69) is 22.1 Å². The normalized spacial score (nSPS) is 23.8. The minimum Gasteiger partial charge on any atom is -0.376 e. The zero-order valence-corrected chi connectivity index (χ0v) is 15.0. The van der Waals surface area contributed by atoms with Crippen LogP contribution in [0, 0.1) is 0 Å². The number of ether oxygens (including phenoxy) is 1. The summed E-state index contributed by atoms with van der Waals surface area (Å²) in [5.74, 6) is 1.02. The average Bonchev–Trinajstić information content (AvgIpc) is 2.99. The van der Waals surface area contributed by atoms with Crippen molar-refractivity contribution in [3.05, 3.63) is 18.2 Å². The molecule has 1 aliphatic carbocycles. The van der Waals surface area contributed by atoms with E-state index in [0.717, 1.165) is 38.3 Å². The number of aromatic nitrogens is 2. The molecule has 2 fully saturated rings. The molecule has 1 saturated carbocycles. The van der Waals surface area contributed by atoms with Gasteiger partial charge in [0.2, 0.25) is 0 Å². The third-order valence-electron chi connectivity index (χ3n) is 5.60. The van der Waals surface area contributed by atoms with Crippen LogP contribution in [0.2, 0.25) is 0 Å². The maximum atomic E-state index is 12.6. The van der Waals surface area contributed by atoms with Crippen molar-refractivity contribution in [3.8, 4) is 0 Å². The molecule has 0 unspecified atom stereocenters. The van der Waals surface area contributed by atoms with E-state index in [1.165, 1.54) is 6.42 Å². The molecular formula is C17H29N5O2. The second-order valence-corrected chi connectivity index (χ2v) is 6.89. The molecule has 1 atom stereocenters. The van der Waals surface area contributed by atoms with Gasteiger partial charge >= 0.3 is 6.03 Å². The van der Waals surface area contributed by atoms with Gasteiger partial charge in [-0.25, -0.2) is 9.78 Å². The lowest BCUT2D eigenvalue weighted by Gasteiger charge is -2.43. The van der Waals surface area contributed by atoms with Crippen molar-refractivity contribution in [2.75, 3.05) is 39.8 Å². The van der Waals surface area contributed by atoms with Gasteiger partial charge < -0.3 is 19.5 Å². The van der Waals surface area contributed by atoms with Gasteiger partial charge in [0.1, 0.15) is 5.82 Å². The van der Waals surface area contributed by atoms with Gasteiger partial charge in [-0.1, -0.05) is 6.92 Å². The number of amides is 2. The van der Waals surface area contributed by atoms with E-state index in [1.807, 2.05) is 28.9 Å². The molecule has 1 aliphatic heterocycles. The molecule has 0 spiro atoms. The number of imidazole rings is 1. The predicted molar refractivity (Wildman–Crippen MR) is 91.8 cm³/mol. The molecule has 0 radical (unpaired) electrons. The second-order valence-electron chi connectivity index (χ2n) is 6.89. The second kappa shape index (κ2) is 7.11. The van der Waals surface area contributed by atoms with E-state index in [0.29, 0.717) is 13.1 Å². The van der Waals surface area contributed by atoms with Gasteiger partial charge in [-0.2, -0.15) is 0 Å². The quantitative estimate of drug-likeness (QED) is 0.883. The van der Waals surface area contributed by atoms with Gasteiger partial charge in [-0.3, -0.25) is 4.90 Å². The lowest BCUT2D eigenvalue weighted by Crippen LogP contribution is -2.56. The summed E-state index contributed by atoms with van der Waals surface area (Å²) in [6.07, 6.45) is 7.02. The van der Waals surface area contributed by atoms with E-state index in [-0.39, 0.29) is 17.7 Å². The Morgan fingerprint density at radius 2 is 2.25 bits per heavy atom. The summed E-state index contributed by atoms with van der Waals surface area (Å²) in [5.41, 5.74) is -0.139. The lowest BCUT2D eigenvalue weighted by molar-refractivity contribution is -0.0681. The number of hydrogen-bond acceptors (Lipinski definition) is 4. The van der Waals surface area contributed by atoms with E-state index in [9.17, 15) is 4.79 Å². The van der Waals surface area contributed by atoms with Crippen LogP contribution in [0.25, 0.3) is 0 Å². The zero-order chi connectivity index (χ0) is 17.2. The molecule has 7 nitrogen and oxygen atoms in total. The maximum Gasteiger partial charge on any atom is 0.317 e. The summed E-state index contributed by atoms with van der Waals surface area (Å²) in [5, 5.41) is 3.08. The molecule has 3 rings (SSSR count). The van der Waals surface area contributed by atoms with Crippen LogP contribution in [0.15, 0.2) is 12.4 Å².